The number of hydrogen-bond acceptors (Lipinski definition) is 7. The quantitative estimate of drug-likeness (QED) is 0.344. The molecular weight excluding hydrogens is 432 g/mol. The van der Waals surface area contributed by atoms with Gasteiger partial charge in [0, 0.05) is 6.20 Å². The van der Waals surface area contributed by atoms with Crippen molar-refractivity contribution in [2.24, 2.45) is 0 Å². The van der Waals surface area contributed by atoms with E-state index in [0.717, 1.165) is 16.7 Å². The lowest BCUT2D eigenvalue weighted by atomic mass is 10.00. The van der Waals surface area contributed by atoms with E-state index < -0.39 is 5.97 Å². The average molecular weight is 454 g/mol. The molecule has 0 bridgehead atoms. The van der Waals surface area contributed by atoms with E-state index in [-0.39, 0.29) is 12.6 Å². The predicted octanol–water partition coefficient (Wildman–Crippen LogP) is 3.91. The zero-order chi connectivity index (χ0) is 23.5. The molecule has 9 nitrogen and oxygen atoms in total. The first-order valence-corrected chi connectivity index (χ1v) is 10.8. The van der Waals surface area contributed by atoms with Crippen molar-refractivity contribution in [3.63, 3.8) is 0 Å². The first kappa shape index (κ1) is 21.3. The van der Waals surface area contributed by atoms with Gasteiger partial charge in [0.25, 0.3) is 5.95 Å². The van der Waals surface area contributed by atoms with Crippen LogP contribution < -0.4 is 4.74 Å². The van der Waals surface area contributed by atoms with Crippen LogP contribution in [0.1, 0.15) is 22.8 Å². The number of methoxy groups -OCH3 is 1. The minimum absolute atomic E-state index is 0.268. The Labute approximate surface area is 195 Å². The maximum atomic E-state index is 12.0. The number of ether oxygens (including phenoxy) is 2. The van der Waals surface area contributed by atoms with E-state index in [1.54, 1.807) is 6.92 Å². The summed E-state index contributed by atoms with van der Waals surface area (Å²) in [6.45, 7) is 2.59. The van der Waals surface area contributed by atoms with Gasteiger partial charge in [-0.15, -0.1) is 0 Å². The zero-order valence-electron chi connectivity index (χ0n) is 18.8. The fourth-order valence-electron chi connectivity index (χ4n) is 3.73. The summed E-state index contributed by atoms with van der Waals surface area (Å²) in [6.07, 6.45) is 4.79. The number of fused-ring (bicyclic) bond motifs is 1. The lowest BCUT2D eigenvalue weighted by Gasteiger charge is -2.09. The van der Waals surface area contributed by atoms with E-state index in [1.807, 2.05) is 41.2 Å². The van der Waals surface area contributed by atoms with Crippen LogP contribution in [0.4, 0.5) is 0 Å². The van der Waals surface area contributed by atoms with Gasteiger partial charge in [-0.25, -0.2) is 14.5 Å². The summed E-state index contributed by atoms with van der Waals surface area (Å²) in [7, 11) is 1.53. The van der Waals surface area contributed by atoms with Crippen molar-refractivity contribution in [1.82, 2.24) is 29.5 Å². The molecule has 0 radical (unpaired) electrons. The first-order valence-electron chi connectivity index (χ1n) is 10.8. The molecular formula is C25H22N6O3. The summed E-state index contributed by atoms with van der Waals surface area (Å²) in [5.74, 6) is 0.138. The Bertz CT molecular complexity index is 1460. The van der Waals surface area contributed by atoms with Crippen LogP contribution in [0.25, 0.3) is 28.1 Å². The molecule has 5 rings (SSSR count). The van der Waals surface area contributed by atoms with Crippen LogP contribution in [-0.4, -0.2) is 49.2 Å². The molecule has 0 atom stereocenters. The highest BCUT2D eigenvalue weighted by atomic mass is 16.5. The Morgan fingerprint density at radius 3 is 2.59 bits per heavy atom. The summed E-state index contributed by atoms with van der Waals surface area (Å²) in [4.78, 5) is 21.0. The highest BCUT2D eigenvalue weighted by Gasteiger charge is 2.17. The smallest absolute Gasteiger partial charge is 0.341 e. The third-order valence-corrected chi connectivity index (χ3v) is 5.29. The number of rotatable bonds is 7. The topological polar surface area (TPSA) is 97.0 Å². The lowest BCUT2D eigenvalue weighted by molar-refractivity contribution is 0.0526. The fourth-order valence-corrected chi connectivity index (χ4v) is 3.73. The highest BCUT2D eigenvalue weighted by Crippen LogP contribution is 2.26. The van der Waals surface area contributed by atoms with Crippen LogP contribution in [0.2, 0.25) is 0 Å². The van der Waals surface area contributed by atoms with Gasteiger partial charge in [-0.1, -0.05) is 54.6 Å². The molecule has 0 aliphatic heterocycles. The summed E-state index contributed by atoms with van der Waals surface area (Å²) in [5, 5.41) is 8.87. The summed E-state index contributed by atoms with van der Waals surface area (Å²) >= 11 is 0. The molecule has 3 aromatic heterocycles. The standard InChI is InChI=1S/C25H22N6O3/c1-3-34-24(32)19-13-26-31(15-19)25-27-21-16-30(29-22(21)23(28-25)33-2)14-18-11-7-8-12-20(18)17-9-5-4-6-10-17/h4-13,15-16H,3,14H2,1-2H3. The summed E-state index contributed by atoms with van der Waals surface area (Å²) in [6, 6.07) is 18.5. The van der Waals surface area contributed by atoms with Crippen molar-refractivity contribution < 1.29 is 14.3 Å². The Balaban J connectivity index is 1.50. The molecule has 170 valence electrons. The first-order chi connectivity index (χ1) is 16.7. The molecule has 0 saturated carbocycles. The van der Waals surface area contributed by atoms with E-state index in [0.29, 0.717) is 29.0 Å². The summed E-state index contributed by atoms with van der Waals surface area (Å²) in [5.41, 5.74) is 4.88. The van der Waals surface area contributed by atoms with Gasteiger partial charge in [0.2, 0.25) is 5.88 Å². The van der Waals surface area contributed by atoms with E-state index in [4.69, 9.17) is 9.47 Å². The van der Waals surface area contributed by atoms with E-state index >= 15 is 0 Å². The third-order valence-electron chi connectivity index (χ3n) is 5.29. The van der Waals surface area contributed by atoms with Crippen LogP contribution >= 0.6 is 0 Å². The predicted molar refractivity (Wildman–Crippen MR) is 126 cm³/mol. The van der Waals surface area contributed by atoms with Crippen LogP contribution in [0.15, 0.2) is 73.2 Å². The molecule has 9 heteroatoms. The van der Waals surface area contributed by atoms with Crippen LogP contribution in [0, 0.1) is 0 Å². The van der Waals surface area contributed by atoms with Gasteiger partial charge in [-0.05, 0) is 23.6 Å². The number of aromatic nitrogens is 6. The molecule has 0 aliphatic rings. The maximum absolute atomic E-state index is 12.0. The number of carbonyl (C=O) groups excluding carboxylic acids is 1. The second kappa shape index (κ2) is 9.14. The molecule has 0 N–H and O–H groups in total. The number of hydrogen-bond donors (Lipinski definition) is 0. The number of nitrogens with zero attached hydrogens (tertiary/aromatic N) is 6. The maximum Gasteiger partial charge on any atom is 0.341 e. The number of carbonyl (C=O) groups is 1. The van der Waals surface area contributed by atoms with Gasteiger partial charge in [0.05, 0.1) is 38.2 Å². The molecule has 0 unspecified atom stereocenters. The number of benzene rings is 2. The van der Waals surface area contributed by atoms with E-state index in [2.05, 4.69) is 44.4 Å². The van der Waals surface area contributed by atoms with Gasteiger partial charge >= 0.3 is 5.97 Å². The largest absolute Gasteiger partial charge is 0.479 e. The molecule has 34 heavy (non-hydrogen) atoms. The van der Waals surface area contributed by atoms with E-state index in [1.165, 1.54) is 24.2 Å². The van der Waals surface area contributed by atoms with Crippen molar-refractivity contribution in [3.8, 4) is 23.0 Å². The van der Waals surface area contributed by atoms with Crippen molar-refractivity contribution in [3.05, 3.63) is 84.3 Å². The fraction of sp³-hybridized carbons (Fsp3) is 0.160. The van der Waals surface area contributed by atoms with Gasteiger partial charge < -0.3 is 9.47 Å². The molecule has 3 heterocycles. The van der Waals surface area contributed by atoms with Gasteiger partial charge in [0.1, 0.15) is 5.52 Å². The summed E-state index contributed by atoms with van der Waals surface area (Å²) < 4.78 is 13.7. The second-order valence-electron chi connectivity index (χ2n) is 7.51. The van der Waals surface area contributed by atoms with Crippen LogP contribution in [0.5, 0.6) is 5.88 Å². The SMILES string of the molecule is CCOC(=O)c1cnn(-c2nc(OC)c3nn(Cc4ccccc4-c4ccccc4)cc3n2)c1. The van der Waals surface area contributed by atoms with Crippen molar-refractivity contribution >= 4 is 17.0 Å². The molecule has 0 aliphatic carbocycles. The Morgan fingerprint density at radius 1 is 1.00 bits per heavy atom. The van der Waals surface area contributed by atoms with Crippen LogP contribution in [0.3, 0.4) is 0 Å². The molecule has 2 aromatic carbocycles. The lowest BCUT2D eigenvalue weighted by Crippen LogP contribution is -2.05. The monoisotopic (exact) mass is 454 g/mol. The van der Waals surface area contributed by atoms with E-state index in [9.17, 15) is 4.79 Å². The molecule has 0 fully saturated rings. The minimum Gasteiger partial charge on any atom is -0.479 e. The van der Waals surface area contributed by atoms with Crippen molar-refractivity contribution in [1.29, 1.82) is 0 Å². The van der Waals surface area contributed by atoms with Gasteiger partial charge in [0.15, 0.2) is 5.52 Å². The van der Waals surface area contributed by atoms with Crippen molar-refractivity contribution in [2.75, 3.05) is 13.7 Å². The third kappa shape index (κ3) is 4.11. The minimum atomic E-state index is -0.452. The average Bonchev–Trinajstić information content (AvgIpc) is 3.52. The van der Waals surface area contributed by atoms with Crippen molar-refractivity contribution in [2.45, 2.75) is 13.5 Å². The van der Waals surface area contributed by atoms with Gasteiger partial charge in [-0.2, -0.15) is 15.2 Å². The Kier molecular flexibility index (Phi) is 5.73. The van der Waals surface area contributed by atoms with Gasteiger partial charge in [-0.3, -0.25) is 4.68 Å². The Hall–Kier alpha value is -4.53. The molecule has 0 spiro atoms. The highest BCUT2D eigenvalue weighted by molar-refractivity contribution is 5.88. The van der Waals surface area contributed by atoms with Crippen LogP contribution in [-0.2, 0) is 11.3 Å². The second-order valence-corrected chi connectivity index (χ2v) is 7.51. The number of esters is 1. The normalized spacial score (nSPS) is 11.0. The zero-order valence-corrected chi connectivity index (χ0v) is 18.8. The molecule has 0 amide bonds. The molecule has 5 aromatic rings. The molecule has 0 saturated heterocycles. The Morgan fingerprint density at radius 2 is 1.79 bits per heavy atom.